The highest BCUT2D eigenvalue weighted by Crippen LogP contribution is 2.28. The van der Waals surface area contributed by atoms with E-state index in [1.54, 1.807) is 0 Å². The van der Waals surface area contributed by atoms with Gasteiger partial charge in [-0.15, -0.1) is 0 Å². The number of fused-ring (bicyclic) bond motifs is 1. The average molecular weight is 320 g/mol. The molecule has 0 bridgehead atoms. The fourth-order valence-electron chi connectivity index (χ4n) is 1.90. The molecule has 0 aliphatic rings. The summed E-state index contributed by atoms with van der Waals surface area (Å²) >= 11 is 1.27. The van der Waals surface area contributed by atoms with E-state index in [0.29, 0.717) is 5.13 Å². The van der Waals surface area contributed by atoms with Crippen LogP contribution in [0, 0.1) is 6.92 Å². The number of aromatic hydroxyl groups is 1. The second-order valence-corrected chi connectivity index (χ2v) is 7.31. The van der Waals surface area contributed by atoms with Gasteiger partial charge in [-0.25, -0.2) is 13.4 Å². The van der Waals surface area contributed by atoms with Crippen LogP contribution in [-0.2, 0) is 10.0 Å². The summed E-state index contributed by atoms with van der Waals surface area (Å²) in [5.41, 5.74) is 1.84. The second kappa shape index (κ2) is 5.01. The summed E-state index contributed by atoms with van der Waals surface area (Å²) in [7, 11) is -3.76. The minimum absolute atomic E-state index is 0.00191. The monoisotopic (exact) mass is 320 g/mol. The minimum atomic E-state index is -3.76. The molecule has 3 rings (SSSR count). The molecule has 7 heteroatoms. The maximum Gasteiger partial charge on any atom is 0.263 e. The Balaban J connectivity index is 1.97. The van der Waals surface area contributed by atoms with Crippen molar-refractivity contribution in [2.24, 2.45) is 0 Å². The van der Waals surface area contributed by atoms with Crippen molar-refractivity contribution >= 4 is 36.7 Å². The molecule has 5 nitrogen and oxygen atoms in total. The van der Waals surface area contributed by atoms with Gasteiger partial charge in [0, 0.05) is 6.07 Å². The Labute approximate surface area is 125 Å². The number of nitrogens with zero attached hydrogens (tertiary/aromatic N) is 1. The quantitative estimate of drug-likeness (QED) is 0.777. The molecule has 0 amide bonds. The number of rotatable bonds is 3. The first-order valence-electron chi connectivity index (χ1n) is 6.13. The van der Waals surface area contributed by atoms with Gasteiger partial charge in [0.15, 0.2) is 5.13 Å². The van der Waals surface area contributed by atoms with Crippen LogP contribution in [-0.4, -0.2) is 18.5 Å². The molecule has 0 fully saturated rings. The zero-order valence-corrected chi connectivity index (χ0v) is 12.7. The number of benzene rings is 2. The molecule has 2 N–H and O–H groups in total. The molecule has 0 spiro atoms. The van der Waals surface area contributed by atoms with Gasteiger partial charge < -0.3 is 5.11 Å². The molecule has 1 aromatic heterocycles. The normalized spacial score (nSPS) is 11.7. The average Bonchev–Trinajstić information content (AvgIpc) is 2.79. The Bertz CT molecular complexity index is 917. The molecule has 3 aromatic rings. The van der Waals surface area contributed by atoms with Gasteiger partial charge in [-0.3, -0.25) is 4.72 Å². The maximum absolute atomic E-state index is 12.2. The molecule has 0 aliphatic heterocycles. The van der Waals surface area contributed by atoms with Crippen LogP contribution in [0.2, 0.25) is 0 Å². The first kappa shape index (κ1) is 13.8. The Morgan fingerprint density at radius 2 is 2.00 bits per heavy atom. The van der Waals surface area contributed by atoms with Crippen molar-refractivity contribution in [1.82, 2.24) is 4.98 Å². The SMILES string of the molecule is Cc1ccc2nc(NS(=O)(=O)c3cccc(O)c3)sc2c1. The topological polar surface area (TPSA) is 79.3 Å². The summed E-state index contributed by atoms with van der Waals surface area (Å²) in [6.45, 7) is 1.97. The molecule has 21 heavy (non-hydrogen) atoms. The van der Waals surface area contributed by atoms with Crippen molar-refractivity contribution in [2.75, 3.05) is 4.72 Å². The maximum atomic E-state index is 12.2. The number of hydrogen-bond acceptors (Lipinski definition) is 5. The molecule has 0 saturated heterocycles. The van der Waals surface area contributed by atoms with Crippen molar-refractivity contribution in [1.29, 1.82) is 0 Å². The summed E-state index contributed by atoms with van der Waals surface area (Å²) in [6.07, 6.45) is 0. The zero-order valence-electron chi connectivity index (χ0n) is 11.1. The molecule has 1 heterocycles. The van der Waals surface area contributed by atoms with Gasteiger partial charge in [0.05, 0.1) is 15.1 Å². The summed E-state index contributed by atoms with van der Waals surface area (Å²) in [6, 6.07) is 11.2. The fraction of sp³-hybridized carbons (Fsp3) is 0.0714. The third-order valence-electron chi connectivity index (χ3n) is 2.89. The summed E-state index contributed by atoms with van der Waals surface area (Å²) in [5, 5.41) is 9.69. The van der Waals surface area contributed by atoms with E-state index in [0.717, 1.165) is 15.8 Å². The number of nitrogens with one attached hydrogen (secondary N) is 1. The number of phenols is 1. The lowest BCUT2D eigenvalue weighted by atomic mass is 10.2. The molecule has 0 unspecified atom stereocenters. The first-order valence-corrected chi connectivity index (χ1v) is 8.43. The standard InChI is InChI=1S/C14H12N2O3S2/c1-9-5-6-12-13(7-9)20-14(15-12)16-21(18,19)11-4-2-3-10(17)8-11/h2-8,17H,1H3,(H,15,16). The van der Waals surface area contributed by atoms with Crippen molar-refractivity contribution in [3.8, 4) is 5.75 Å². The lowest BCUT2D eigenvalue weighted by Gasteiger charge is -2.04. The molecule has 0 aliphatic carbocycles. The Hall–Kier alpha value is -2.12. The van der Waals surface area contributed by atoms with Gasteiger partial charge in [-0.1, -0.05) is 23.5 Å². The van der Waals surface area contributed by atoms with Crippen molar-refractivity contribution < 1.29 is 13.5 Å². The number of phenolic OH excluding ortho intramolecular Hbond substituents is 1. The number of anilines is 1. The van der Waals surface area contributed by atoms with Crippen LogP contribution in [0.4, 0.5) is 5.13 Å². The minimum Gasteiger partial charge on any atom is -0.508 e. The Morgan fingerprint density at radius 3 is 2.76 bits per heavy atom. The van der Waals surface area contributed by atoms with Gasteiger partial charge in [0.25, 0.3) is 10.0 Å². The number of aryl methyl sites for hydroxylation is 1. The van der Waals surface area contributed by atoms with Crippen LogP contribution in [0.3, 0.4) is 0 Å². The molecular weight excluding hydrogens is 308 g/mol. The predicted octanol–water partition coefficient (Wildman–Crippen LogP) is 3.11. The van der Waals surface area contributed by atoms with E-state index >= 15 is 0 Å². The number of aromatic nitrogens is 1. The van der Waals surface area contributed by atoms with Gasteiger partial charge >= 0.3 is 0 Å². The second-order valence-electron chi connectivity index (χ2n) is 4.59. The molecule has 0 radical (unpaired) electrons. The Kier molecular flexibility index (Phi) is 3.30. The molecular formula is C14H12N2O3S2. The number of hydrogen-bond donors (Lipinski definition) is 2. The Morgan fingerprint density at radius 1 is 1.19 bits per heavy atom. The number of sulfonamides is 1. The van der Waals surface area contributed by atoms with Crippen molar-refractivity contribution in [3.63, 3.8) is 0 Å². The van der Waals surface area contributed by atoms with Crippen LogP contribution in [0.15, 0.2) is 47.4 Å². The van der Waals surface area contributed by atoms with E-state index in [-0.39, 0.29) is 10.6 Å². The highest BCUT2D eigenvalue weighted by molar-refractivity contribution is 7.93. The highest BCUT2D eigenvalue weighted by atomic mass is 32.2. The number of thiazole rings is 1. The van der Waals surface area contributed by atoms with Crippen molar-refractivity contribution in [2.45, 2.75) is 11.8 Å². The lowest BCUT2D eigenvalue weighted by molar-refractivity contribution is 0.473. The van der Waals surface area contributed by atoms with Gasteiger partial charge in [0.2, 0.25) is 0 Å². The fourth-order valence-corrected chi connectivity index (χ4v) is 4.14. The molecule has 108 valence electrons. The lowest BCUT2D eigenvalue weighted by Crippen LogP contribution is -2.12. The van der Waals surface area contributed by atoms with Crippen LogP contribution in [0.5, 0.6) is 5.75 Å². The summed E-state index contributed by atoms with van der Waals surface area (Å²) < 4.78 is 27.8. The molecule has 0 atom stereocenters. The highest BCUT2D eigenvalue weighted by Gasteiger charge is 2.17. The zero-order chi connectivity index (χ0) is 15.0. The van der Waals surface area contributed by atoms with Crippen LogP contribution in [0.1, 0.15) is 5.56 Å². The van der Waals surface area contributed by atoms with Crippen LogP contribution < -0.4 is 4.72 Å². The van der Waals surface area contributed by atoms with E-state index in [9.17, 15) is 13.5 Å². The molecule has 0 saturated carbocycles. The van der Waals surface area contributed by atoms with Crippen molar-refractivity contribution in [3.05, 3.63) is 48.0 Å². The third-order valence-corrected chi connectivity index (χ3v) is 5.29. The summed E-state index contributed by atoms with van der Waals surface area (Å²) in [4.78, 5) is 4.25. The van der Waals surface area contributed by atoms with Crippen LogP contribution in [0.25, 0.3) is 10.2 Å². The van der Waals surface area contributed by atoms with Gasteiger partial charge in [-0.05, 0) is 36.8 Å². The van der Waals surface area contributed by atoms with E-state index in [1.165, 1.54) is 35.6 Å². The third kappa shape index (κ3) is 2.84. The van der Waals surface area contributed by atoms with E-state index in [2.05, 4.69) is 9.71 Å². The smallest absolute Gasteiger partial charge is 0.263 e. The summed E-state index contributed by atoms with van der Waals surface area (Å²) in [5.74, 6) is -0.0993. The predicted molar refractivity (Wildman–Crippen MR) is 83.3 cm³/mol. The largest absolute Gasteiger partial charge is 0.508 e. The van der Waals surface area contributed by atoms with Gasteiger partial charge in [0.1, 0.15) is 5.75 Å². The van der Waals surface area contributed by atoms with E-state index < -0.39 is 10.0 Å². The van der Waals surface area contributed by atoms with E-state index in [1.807, 2.05) is 25.1 Å². The first-order chi connectivity index (χ1) is 9.94. The van der Waals surface area contributed by atoms with E-state index in [4.69, 9.17) is 0 Å². The van der Waals surface area contributed by atoms with Crippen LogP contribution >= 0.6 is 11.3 Å². The van der Waals surface area contributed by atoms with Gasteiger partial charge in [-0.2, -0.15) is 0 Å². The molecule has 2 aromatic carbocycles.